The number of nitro benzene ring substituents is 1. The van der Waals surface area contributed by atoms with Crippen LogP contribution in [0.5, 0.6) is 0 Å². The Balaban J connectivity index is 1.47. The Morgan fingerprint density at radius 3 is 2.69 bits per heavy atom. The molecule has 0 fully saturated rings. The molecule has 0 spiro atoms. The number of benzene rings is 2. The van der Waals surface area contributed by atoms with Crippen LogP contribution in [0.2, 0.25) is 5.02 Å². The first-order valence-electron chi connectivity index (χ1n) is 9.29. The lowest BCUT2D eigenvalue weighted by Crippen LogP contribution is -2.21. The molecule has 162 valence electrons. The lowest BCUT2D eigenvalue weighted by atomic mass is 10.2. The third-order valence-electron chi connectivity index (χ3n) is 4.51. The topological polar surface area (TPSA) is 116 Å². The molecule has 0 saturated carbocycles. The number of halogens is 1. The van der Waals surface area contributed by atoms with Gasteiger partial charge in [0.15, 0.2) is 6.61 Å². The van der Waals surface area contributed by atoms with Crippen LogP contribution in [0.15, 0.2) is 54.6 Å². The molecule has 2 aromatic carbocycles. The Labute approximate surface area is 190 Å². The number of amides is 1. The first-order chi connectivity index (χ1) is 15.3. The van der Waals surface area contributed by atoms with Crippen LogP contribution in [0.1, 0.15) is 15.4 Å². The minimum Gasteiger partial charge on any atom is -0.451 e. The summed E-state index contributed by atoms with van der Waals surface area (Å²) in [6.45, 7) is 1.24. The lowest BCUT2D eigenvalue weighted by molar-refractivity contribution is -0.383. The Morgan fingerprint density at radius 2 is 1.97 bits per heavy atom. The van der Waals surface area contributed by atoms with Crippen molar-refractivity contribution in [1.82, 2.24) is 9.78 Å². The van der Waals surface area contributed by atoms with Crippen molar-refractivity contribution in [3.05, 3.63) is 80.3 Å². The van der Waals surface area contributed by atoms with Gasteiger partial charge in [-0.3, -0.25) is 14.9 Å². The number of esters is 1. The fraction of sp³-hybridized carbons (Fsp3) is 0.0952. The summed E-state index contributed by atoms with van der Waals surface area (Å²) in [6, 6.07) is 15.0. The van der Waals surface area contributed by atoms with E-state index in [2.05, 4.69) is 10.4 Å². The van der Waals surface area contributed by atoms with Gasteiger partial charge in [0.25, 0.3) is 11.6 Å². The van der Waals surface area contributed by atoms with Gasteiger partial charge in [0, 0.05) is 16.5 Å². The number of nitro groups is 1. The van der Waals surface area contributed by atoms with Gasteiger partial charge in [-0.1, -0.05) is 29.8 Å². The van der Waals surface area contributed by atoms with Crippen LogP contribution in [0.25, 0.3) is 15.9 Å². The van der Waals surface area contributed by atoms with Crippen molar-refractivity contribution in [2.45, 2.75) is 6.92 Å². The van der Waals surface area contributed by atoms with Crippen molar-refractivity contribution < 1.29 is 19.2 Å². The number of fused-ring (bicyclic) bond motifs is 1. The second-order valence-corrected chi connectivity index (χ2v) is 8.17. The van der Waals surface area contributed by atoms with Gasteiger partial charge in [0.2, 0.25) is 0 Å². The number of nitrogens with zero attached hydrogens (tertiary/aromatic N) is 3. The smallest absolute Gasteiger partial charge is 0.348 e. The van der Waals surface area contributed by atoms with Gasteiger partial charge in [-0.2, -0.15) is 5.10 Å². The molecular weight excluding hydrogens is 456 g/mol. The number of aromatic nitrogens is 2. The fourth-order valence-corrected chi connectivity index (χ4v) is 4.29. The summed E-state index contributed by atoms with van der Waals surface area (Å²) in [5, 5.41) is 19.0. The van der Waals surface area contributed by atoms with Gasteiger partial charge < -0.3 is 10.1 Å². The van der Waals surface area contributed by atoms with E-state index in [-0.39, 0.29) is 16.4 Å². The Bertz CT molecular complexity index is 1350. The number of nitrogens with one attached hydrogen (secondary N) is 1. The minimum atomic E-state index is -0.712. The molecule has 0 unspecified atom stereocenters. The van der Waals surface area contributed by atoms with Gasteiger partial charge in [0.1, 0.15) is 15.4 Å². The maximum absolute atomic E-state index is 12.5. The average molecular weight is 471 g/mol. The Morgan fingerprint density at radius 1 is 1.22 bits per heavy atom. The molecule has 0 aliphatic carbocycles. The molecule has 0 saturated heterocycles. The van der Waals surface area contributed by atoms with Crippen LogP contribution in [0.3, 0.4) is 0 Å². The zero-order chi connectivity index (χ0) is 22.8. The highest BCUT2D eigenvalue weighted by atomic mass is 35.5. The minimum absolute atomic E-state index is 0.0408. The van der Waals surface area contributed by atoms with E-state index in [0.717, 1.165) is 27.7 Å². The van der Waals surface area contributed by atoms with Crippen LogP contribution in [-0.4, -0.2) is 33.2 Å². The van der Waals surface area contributed by atoms with E-state index >= 15 is 0 Å². The summed E-state index contributed by atoms with van der Waals surface area (Å²) < 4.78 is 6.85. The summed E-state index contributed by atoms with van der Waals surface area (Å²) >= 11 is 6.96. The molecule has 4 rings (SSSR count). The highest BCUT2D eigenvalue weighted by Gasteiger charge is 2.20. The predicted octanol–water partition coefficient (Wildman–Crippen LogP) is 4.75. The largest absolute Gasteiger partial charge is 0.451 e. The third kappa shape index (κ3) is 4.32. The van der Waals surface area contributed by atoms with Crippen molar-refractivity contribution in [1.29, 1.82) is 0 Å². The molecule has 0 aliphatic rings. The number of thiophene rings is 1. The quantitative estimate of drug-likeness (QED) is 0.247. The highest BCUT2D eigenvalue weighted by Crippen LogP contribution is 2.31. The van der Waals surface area contributed by atoms with E-state index in [1.165, 1.54) is 23.5 Å². The number of carbonyl (C=O) groups excluding carboxylic acids is 2. The summed E-state index contributed by atoms with van der Waals surface area (Å²) in [7, 11) is 0. The van der Waals surface area contributed by atoms with Crippen molar-refractivity contribution in [3.8, 4) is 5.69 Å². The normalized spacial score (nSPS) is 10.8. The lowest BCUT2D eigenvalue weighted by Gasteiger charge is -2.07. The number of para-hydroxylation sites is 1. The number of ether oxygens (including phenoxy) is 1. The molecule has 2 heterocycles. The molecule has 1 amide bonds. The number of carbonyl (C=O) groups is 2. The second-order valence-electron chi connectivity index (χ2n) is 6.71. The van der Waals surface area contributed by atoms with Gasteiger partial charge in [-0.15, -0.1) is 11.3 Å². The standard InChI is InChI=1S/C21H15ClN4O5S/c1-12-15-10-18(32-20(15)25(24-12)14-5-3-2-4-6-14)21(28)31-11-19(27)23-16-8-7-13(22)9-17(16)26(29)30/h2-10H,11H2,1H3,(H,23,27). The van der Waals surface area contributed by atoms with Crippen molar-refractivity contribution in [3.63, 3.8) is 0 Å². The van der Waals surface area contributed by atoms with Crippen LogP contribution in [0, 0.1) is 17.0 Å². The van der Waals surface area contributed by atoms with E-state index in [4.69, 9.17) is 16.3 Å². The van der Waals surface area contributed by atoms with E-state index in [1.54, 1.807) is 10.7 Å². The SMILES string of the molecule is Cc1nn(-c2ccccc2)c2sc(C(=O)OCC(=O)Nc3ccc(Cl)cc3[N+](=O)[O-])cc12. The number of aryl methyl sites for hydroxylation is 1. The molecular formula is C21H15ClN4O5S. The summed E-state index contributed by atoms with van der Waals surface area (Å²) in [6.07, 6.45) is 0. The zero-order valence-corrected chi connectivity index (χ0v) is 18.1. The van der Waals surface area contributed by atoms with Gasteiger partial charge in [0.05, 0.1) is 16.3 Å². The van der Waals surface area contributed by atoms with Crippen molar-refractivity contribution >= 4 is 56.4 Å². The van der Waals surface area contributed by atoms with Crippen molar-refractivity contribution in [2.24, 2.45) is 0 Å². The Hall–Kier alpha value is -3.76. The first kappa shape index (κ1) is 21.5. The predicted molar refractivity (Wildman–Crippen MR) is 121 cm³/mol. The van der Waals surface area contributed by atoms with Crippen LogP contribution < -0.4 is 5.32 Å². The summed E-state index contributed by atoms with van der Waals surface area (Å²) in [4.78, 5) is 36.2. The number of anilines is 1. The molecule has 11 heteroatoms. The molecule has 9 nitrogen and oxygen atoms in total. The molecule has 0 atom stereocenters. The van der Waals surface area contributed by atoms with E-state index in [0.29, 0.717) is 4.88 Å². The molecule has 4 aromatic rings. The maximum atomic E-state index is 12.5. The Kier molecular flexibility index (Phi) is 5.89. The maximum Gasteiger partial charge on any atom is 0.348 e. The fourth-order valence-electron chi connectivity index (χ4n) is 3.04. The molecule has 1 N–H and O–H groups in total. The molecule has 0 aliphatic heterocycles. The highest BCUT2D eigenvalue weighted by molar-refractivity contribution is 7.20. The second kappa shape index (κ2) is 8.77. The molecule has 32 heavy (non-hydrogen) atoms. The van der Waals surface area contributed by atoms with E-state index < -0.39 is 23.4 Å². The van der Waals surface area contributed by atoms with Crippen LogP contribution >= 0.6 is 22.9 Å². The van der Waals surface area contributed by atoms with E-state index in [9.17, 15) is 19.7 Å². The molecule has 0 bridgehead atoms. The molecule has 0 radical (unpaired) electrons. The summed E-state index contributed by atoms with van der Waals surface area (Å²) in [5.74, 6) is -1.39. The first-order valence-corrected chi connectivity index (χ1v) is 10.5. The van der Waals surface area contributed by atoms with Crippen LogP contribution in [0.4, 0.5) is 11.4 Å². The van der Waals surface area contributed by atoms with Gasteiger partial charge >= 0.3 is 5.97 Å². The monoisotopic (exact) mass is 470 g/mol. The van der Waals surface area contributed by atoms with Gasteiger partial charge in [-0.25, -0.2) is 9.48 Å². The van der Waals surface area contributed by atoms with E-state index in [1.807, 2.05) is 37.3 Å². The average Bonchev–Trinajstić information content (AvgIpc) is 3.34. The zero-order valence-electron chi connectivity index (χ0n) is 16.6. The number of hydrogen-bond acceptors (Lipinski definition) is 7. The van der Waals surface area contributed by atoms with Crippen molar-refractivity contribution in [2.75, 3.05) is 11.9 Å². The third-order valence-corrected chi connectivity index (χ3v) is 5.84. The van der Waals surface area contributed by atoms with Gasteiger partial charge in [-0.05, 0) is 37.3 Å². The number of rotatable bonds is 6. The number of hydrogen-bond donors (Lipinski definition) is 1. The molecule has 2 aromatic heterocycles. The van der Waals surface area contributed by atoms with Crippen LogP contribution in [-0.2, 0) is 9.53 Å². The summed E-state index contributed by atoms with van der Waals surface area (Å²) in [5.41, 5.74) is 1.21.